The van der Waals surface area contributed by atoms with Crippen molar-refractivity contribution in [3.8, 4) is 22.6 Å². The highest BCUT2D eigenvalue weighted by molar-refractivity contribution is 5.97. The summed E-state index contributed by atoms with van der Waals surface area (Å²) >= 11 is 0. The second-order valence-electron chi connectivity index (χ2n) is 11.6. The van der Waals surface area contributed by atoms with E-state index in [-0.39, 0.29) is 23.7 Å². The molecule has 1 unspecified atom stereocenters. The van der Waals surface area contributed by atoms with Crippen LogP contribution < -0.4 is 14.4 Å². The van der Waals surface area contributed by atoms with Gasteiger partial charge in [-0.05, 0) is 83.8 Å². The van der Waals surface area contributed by atoms with E-state index in [4.69, 9.17) is 9.47 Å². The first-order valence-corrected chi connectivity index (χ1v) is 16.7. The number of ether oxygens (including phenoxy) is 2. The third-order valence-corrected chi connectivity index (χ3v) is 8.66. The van der Waals surface area contributed by atoms with Crippen molar-refractivity contribution in [2.24, 2.45) is 5.92 Å². The third-order valence-electron chi connectivity index (χ3n) is 8.66. The SMILES string of the molecule is CC.COc1ccc(C2[C@@H](CCCCc3ccc(F)cc3)CC(=O)N2c2ccc(-c3ccccc3)cc2)c(OCc2ccccc2)c1. The van der Waals surface area contributed by atoms with Crippen LogP contribution in [0.4, 0.5) is 10.1 Å². The van der Waals surface area contributed by atoms with Gasteiger partial charge in [-0.25, -0.2) is 4.39 Å². The zero-order valence-corrected chi connectivity index (χ0v) is 27.6. The molecule has 1 amide bonds. The van der Waals surface area contributed by atoms with Crippen LogP contribution in [0.2, 0.25) is 0 Å². The Labute approximate surface area is 278 Å². The summed E-state index contributed by atoms with van der Waals surface area (Å²) < 4.78 is 25.4. The number of methoxy groups -OCH3 is 1. The molecule has 1 aliphatic rings. The lowest BCUT2D eigenvalue weighted by molar-refractivity contribution is -0.117. The zero-order valence-electron chi connectivity index (χ0n) is 27.6. The molecule has 0 bridgehead atoms. The van der Waals surface area contributed by atoms with Crippen molar-refractivity contribution in [3.05, 3.63) is 150 Å². The number of benzene rings is 5. The van der Waals surface area contributed by atoms with Crippen molar-refractivity contribution >= 4 is 11.6 Å². The van der Waals surface area contributed by atoms with E-state index < -0.39 is 0 Å². The molecule has 4 nitrogen and oxygen atoms in total. The standard InChI is InChI=1S/C40H38FNO3.C2H6/c1-44-36-24-25-37(38(27-36)45-28-30-11-4-2-5-12-30)40-33(15-9-8-10-29-16-20-34(41)21-17-29)26-39(43)42(40)35-22-18-32(19-23-35)31-13-6-3-7-14-31;1-2/h2-7,11-14,16-25,27,33,40H,8-10,15,26,28H2,1H3;1-2H3/t33-,40?;/m0./s1. The summed E-state index contributed by atoms with van der Waals surface area (Å²) in [6, 6.07) is 41.1. The van der Waals surface area contributed by atoms with Crippen LogP contribution in [0.5, 0.6) is 11.5 Å². The van der Waals surface area contributed by atoms with Crippen LogP contribution in [0.1, 0.15) is 62.3 Å². The van der Waals surface area contributed by atoms with E-state index in [1.165, 1.54) is 12.1 Å². The van der Waals surface area contributed by atoms with Crippen LogP contribution in [0, 0.1) is 11.7 Å². The summed E-state index contributed by atoms with van der Waals surface area (Å²) in [5.41, 5.74) is 6.30. The molecule has 5 aromatic rings. The van der Waals surface area contributed by atoms with Gasteiger partial charge in [0, 0.05) is 23.7 Å². The predicted octanol–water partition coefficient (Wildman–Crippen LogP) is 10.6. The molecule has 1 fully saturated rings. The Hall–Kier alpha value is -4.90. The van der Waals surface area contributed by atoms with Crippen molar-refractivity contribution < 1.29 is 18.7 Å². The summed E-state index contributed by atoms with van der Waals surface area (Å²) in [4.78, 5) is 15.8. The summed E-state index contributed by atoms with van der Waals surface area (Å²) in [5.74, 6) is 1.43. The van der Waals surface area contributed by atoms with Gasteiger partial charge >= 0.3 is 0 Å². The highest BCUT2D eigenvalue weighted by Gasteiger charge is 2.42. The van der Waals surface area contributed by atoms with Crippen molar-refractivity contribution in [2.75, 3.05) is 12.0 Å². The molecule has 5 aromatic carbocycles. The van der Waals surface area contributed by atoms with Crippen molar-refractivity contribution in [2.45, 2.75) is 58.6 Å². The van der Waals surface area contributed by atoms with Crippen LogP contribution in [0.25, 0.3) is 11.1 Å². The maximum absolute atomic E-state index is 13.8. The van der Waals surface area contributed by atoms with E-state index in [2.05, 4.69) is 42.5 Å². The van der Waals surface area contributed by atoms with Gasteiger partial charge in [0.25, 0.3) is 0 Å². The zero-order chi connectivity index (χ0) is 33.0. The van der Waals surface area contributed by atoms with E-state index >= 15 is 0 Å². The number of nitrogens with zero attached hydrogens (tertiary/aromatic N) is 1. The van der Waals surface area contributed by atoms with Gasteiger partial charge in [0.05, 0.1) is 13.2 Å². The minimum absolute atomic E-state index is 0.104. The molecule has 0 aliphatic carbocycles. The van der Waals surface area contributed by atoms with Gasteiger partial charge in [-0.1, -0.05) is 105 Å². The number of amides is 1. The number of hydrogen-bond donors (Lipinski definition) is 0. The molecular formula is C42H44FNO3. The number of aryl methyl sites for hydroxylation is 1. The van der Waals surface area contributed by atoms with Gasteiger partial charge in [-0.3, -0.25) is 4.79 Å². The van der Waals surface area contributed by atoms with Crippen molar-refractivity contribution in [1.29, 1.82) is 0 Å². The second kappa shape index (κ2) is 16.6. The molecule has 1 saturated heterocycles. The molecule has 5 heteroatoms. The normalized spacial score (nSPS) is 15.6. The lowest BCUT2D eigenvalue weighted by atomic mass is 9.88. The Bertz CT molecular complexity index is 1690. The summed E-state index contributed by atoms with van der Waals surface area (Å²) in [6.45, 7) is 4.41. The molecule has 1 aliphatic heterocycles. The van der Waals surface area contributed by atoms with Gasteiger partial charge in [-0.2, -0.15) is 0 Å². The minimum Gasteiger partial charge on any atom is -0.497 e. The van der Waals surface area contributed by atoms with Gasteiger partial charge in [0.1, 0.15) is 23.9 Å². The number of halogens is 1. The summed E-state index contributed by atoms with van der Waals surface area (Å²) in [5, 5.41) is 0. The fourth-order valence-corrected chi connectivity index (χ4v) is 6.34. The topological polar surface area (TPSA) is 38.8 Å². The number of anilines is 1. The Morgan fingerprint density at radius 3 is 2.09 bits per heavy atom. The van der Waals surface area contributed by atoms with Crippen molar-refractivity contribution in [3.63, 3.8) is 0 Å². The lowest BCUT2D eigenvalue weighted by Gasteiger charge is -2.30. The molecule has 0 spiro atoms. The molecule has 47 heavy (non-hydrogen) atoms. The molecule has 6 rings (SSSR count). The third kappa shape index (κ3) is 8.48. The van der Waals surface area contributed by atoms with Crippen LogP contribution >= 0.6 is 0 Å². The monoisotopic (exact) mass is 629 g/mol. The van der Waals surface area contributed by atoms with E-state index in [0.717, 1.165) is 64.9 Å². The van der Waals surface area contributed by atoms with Gasteiger partial charge in [-0.15, -0.1) is 0 Å². The van der Waals surface area contributed by atoms with E-state index in [1.807, 2.05) is 91.5 Å². The number of unbranched alkanes of at least 4 members (excludes halogenated alkanes) is 1. The van der Waals surface area contributed by atoms with Crippen LogP contribution in [-0.4, -0.2) is 13.0 Å². The molecule has 242 valence electrons. The average molecular weight is 630 g/mol. The van der Waals surface area contributed by atoms with E-state index in [0.29, 0.717) is 18.8 Å². The fourth-order valence-electron chi connectivity index (χ4n) is 6.34. The minimum atomic E-state index is -0.215. The van der Waals surface area contributed by atoms with E-state index in [1.54, 1.807) is 7.11 Å². The van der Waals surface area contributed by atoms with E-state index in [9.17, 15) is 9.18 Å². The van der Waals surface area contributed by atoms with Gasteiger partial charge in [0.2, 0.25) is 5.91 Å². The molecule has 0 saturated carbocycles. The summed E-state index contributed by atoms with van der Waals surface area (Å²) in [6.07, 6.45) is 4.16. The number of carbonyl (C=O) groups excluding carboxylic acids is 1. The first-order valence-electron chi connectivity index (χ1n) is 16.7. The Morgan fingerprint density at radius 2 is 1.40 bits per heavy atom. The number of carbonyl (C=O) groups is 1. The molecule has 0 N–H and O–H groups in total. The fraction of sp³-hybridized carbons (Fsp3) is 0.262. The van der Waals surface area contributed by atoms with Gasteiger partial charge in [0.15, 0.2) is 0 Å². The molecule has 0 radical (unpaired) electrons. The first kappa shape index (κ1) is 33.5. The predicted molar refractivity (Wildman–Crippen MR) is 189 cm³/mol. The summed E-state index contributed by atoms with van der Waals surface area (Å²) in [7, 11) is 1.65. The molecular weight excluding hydrogens is 585 g/mol. The highest BCUT2D eigenvalue weighted by Crippen LogP contribution is 2.47. The number of hydrogen-bond acceptors (Lipinski definition) is 3. The number of rotatable bonds is 12. The Morgan fingerprint density at radius 1 is 0.745 bits per heavy atom. The molecule has 2 atom stereocenters. The van der Waals surface area contributed by atoms with Crippen LogP contribution in [0.15, 0.2) is 127 Å². The molecule has 0 aromatic heterocycles. The highest BCUT2D eigenvalue weighted by atomic mass is 19.1. The quantitative estimate of drug-likeness (QED) is 0.129. The molecule has 1 heterocycles. The lowest BCUT2D eigenvalue weighted by Crippen LogP contribution is -2.29. The second-order valence-corrected chi connectivity index (χ2v) is 11.6. The average Bonchev–Trinajstić information content (AvgIpc) is 3.46. The first-order chi connectivity index (χ1) is 23.1. The smallest absolute Gasteiger partial charge is 0.227 e. The van der Waals surface area contributed by atoms with Crippen molar-refractivity contribution in [1.82, 2.24) is 0 Å². The van der Waals surface area contributed by atoms with Crippen LogP contribution in [-0.2, 0) is 17.8 Å². The Kier molecular flexibility index (Phi) is 11.8. The maximum Gasteiger partial charge on any atom is 0.227 e. The van der Waals surface area contributed by atoms with Gasteiger partial charge < -0.3 is 14.4 Å². The maximum atomic E-state index is 13.8. The van der Waals surface area contributed by atoms with Crippen LogP contribution in [0.3, 0.4) is 0 Å². The Balaban J connectivity index is 0.00000213. The largest absolute Gasteiger partial charge is 0.497 e.